The summed E-state index contributed by atoms with van der Waals surface area (Å²) in [5.41, 5.74) is -2.76. The van der Waals surface area contributed by atoms with Crippen LogP contribution >= 0.6 is 0 Å². The van der Waals surface area contributed by atoms with Gasteiger partial charge in [0.2, 0.25) is 0 Å². The lowest BCUT2D eigenvalue weighted by atomic mass is 9.32. The number of hydrogen-bond acceptors (Lipinski definition) is 22. The molecule has 430 valence electrons. The van der Waals surface area contributed by atoms with Gasteiger partial charge in [-0.2, -0.15) is 0 Å². The molecule has 30 unspecified atom stereocenters. The van der Waals surface area contributed by atoms with Crippen LogP contribution in [0.5, 0.6) is 0 Å². The van der Waals surface area contributed by atoms with Crippen molar-refractivity contribution in [2.75, 3.05) is 33.0 Å². The van der Waals surface area contributed by atoms with Crippen molar-refractivity contribution >= 4 is 0 Å². The van der Waals surface area contributed by atoms with E-state index in [4.69, 9.17) is 42.6 Å². The summed E-state index contributed by atoms with van der Waals surface area (Å²) in [6.07, 6.45) is -21.8. The highest BCUT2D eigenvalue weighted by Crippen LogP contribution is 2.79. The highest BCUT2D eigenvalue weighted by Gasteiger charge is 2.79. The Kier molecular flexibility index (Phi) is 15.3. The van der Waals surface area contributed by atoms with Gasteiger partial charge in [-0.05, 0) is 86.4 Å². The Morgan fingerprint density at radius 1 is 0.533 bits per heavy atom. The summed E-state index contributed by atoms with van der Waals surface area (Å²) >= 11 is 0. The first-order chi connectivity index (χ1) is 35.2. The lowest BCUT2D eigenvalue weighted by molar-refractivity contribution is -0.400. The standard InChI is InChI=1S/C53H86O22/c1-23-32(59)41(74-45-39(66)36(63)40(26(20-56)71-45)73-43-37(64)34(61)25(19-55)70-43)42(75-44-38(65)35(62)33(60)24(18-54)69-44)46(68-23)72-31-10-11-48(4)27(49(31,5)21-57)8-12-50(6)28(48)9-13-53-29-16-47(2,3)14-15-52(29,22-67-53)30(58)17-51(50,53)7/h9,13,23-46,54-66H,8,10-12,14-22H2,1-7H3. The minimum absolute atomic E-state index is 0.0256. The van der Waals surface area contributed by atoms with E-state index in [-0.39, 0.29) is 46.0 Å². The van der Waals surface area contributed by atoms with Crippen LogP contribution in [0.2, 0.25) is 0 Å². The van der Waals surface area contributed by atoms with E-state index in [1.165, 1.54) is 6.92 Å². The molecule has 0 aromatic heterocycles. The Balaban J connectivity index is 0.937. The molecule has 5 saturated heterocycles. The number of aliphatic hydroxyl groups excluding tert-OH is 13. The zero-order valence-corrected chi connectivity index (χ0v) is 44.2. The number of fused-ring (bicyclic) bond motifs is 4. The van der Waals surface area contributed by atoms with Crippen LogP contribution in [0, 0.1) is 50.2 Å². The molecule has 5 heterocycles. The number of aliphatic hydroxyl groups is 13. The van der Waals surface area contributed by atoms with E-state index in [1.807, 2.05) is 6.92 Å². The van der Waals surface area contributed by atoms with Gasteiger partial charge in [0.15, 0.2) is 25.2 Å². The molecule has 10 aliphatic rings. The zero-order valence-electron chi connectivity index (χ0n) is 44.2. The minimum Gasteiger partial charge on any atom is -0.396 e. The molecule has 2 bridgehead atoms. The van der Waals surface area contributed by atoms with Crippen molar-refractivity contribution in [3.8, 4) is 0 Å². The molecule has 5 aliphatic carbocycles. The van der Waals surface area contributed by atoms with E-state index in [0.29, 0.717) is 32.3 Å². The third-order valence-electron chi connectivity index (χ3n) is 21.8. The van der Waals surface area contributed by atoms with Crippen molar-refractivity contribution in [3.63, 3.8) is 0 Å². The summed E-state index contributed by atoms with van der Waals surface area (Å²) in [5.74, 6) is 0.0625. The number of rotatable bonds is 12. The van der Waals surface area contributed by atoms with Crippen LogP contribution in [-0.2, 0) is 42.6 Å². The lowest BCUT2D eigenvalue weighted by Gasteiger charge is -2.73. The fraction of sp³-hybridized carbons (Fsp3) is 0.962. The fourth-order valence-electron chi connectivity index (χ4n) is 17.0. The Morgan fingerprint density at radius 3 is 1.73 bits per heavy atom. The maximum absolute atomic E-state index is 12.3. The van der Waals surface area contributed by atoms with Gasteiger partial charge in [-0.3, -0.25) is 0 Å². The van der Waals surface area contributed by atoms with Crippen molar-refractivity contribution in [2.24, 2.45) is 50.2 Å². The van der Waals surface area contributed by atoms with E-state index in [9.17, 15) is 66.4 Å². The molecule has 13 N–H and O–H groups in total. The van der Waals surface area contributed by atoms with Crippen LogP contribution in [0.1, 0.15) is 99.8 Å². The monoisotopic (exact) mass is 1070 g/mol. The average Bonchev–Trinajstić information content (AvgIpc) is 3.83. The molecule has 1 spiro atoms. The second kappa shape index (κ2) is 20.1. The first-order valence-corrected chi connectivity index (χ1v) is 27.4. The van der Waals surface area contributed by atoms with Crippen molar-refractivity contribution in [1.82, 2.24) is 0 Å². The van der Waals surface area contributed by atoms with E-state index in [2.05, 4.69) is 46.8 Å². The van der Waals surface area contributed by atoms with Gasteiger partial charge < -0.3 is 109 Å². The van der Waals surface area contributed by atoms with Gasteiger partial charge in [-0.25, -0.2) is 0 Å². The molecule has 10 rings (SSSR count). The van der Waals surface area contributed by atoms with Crippen LogP contribution < -0.4 is 0 Å². The summed E-state index contributed by atoms with van der Waals surface area (Å²) in [6, 6.07) is 0. The molecule has 0 aromatic rings. The smallest absolute Gasteiger partial charge is 0.187 e. The fourth-order valence-corrected chi connectivity index (χ4v) is 17.0. The SMILES string of the molecule is CC1OC(OC2CCC3(C)C(CCC4(C)C3C=CC35OCC6(CCC(C)(C)CC63)C(O)CC45C)C2(C)CO)C(OC2OC(CO)C(O)C(O)C2O)C(OC2OC(CO)C(OC3OC(CO)C(O)C3O)C(O)C2O)C1O. The Bertz CT molecular complexity index is 2070. The van der Waals surface area contributed by atoms with Crippen molar-refractivity contribution < 1.29 is 109 Å². The topological polar surface area (TPSA) is 346 Å². The molecule has 0 amide bonds. The molecule has 30 atom stereocenters. The first-order valence-electron chi connectivity index (χ1n) is 27.4. The van der Waals surface area contributed by atoms with Crippen LogP contribution in [-0.4, -0.2) is 234 Å². The Morgan fingerprint density at radius 2 is 1.11 bits per heavy atom. The zero-order chi connectivity index (χ0) is 54.3. The molecule has 5 aliphatic heterocycles. The molecule has 22 heteroatoms. The second-order valence-corrected chi connectivity index (χ2v) is 26.1. The van der Waals surface area contributed by atoms with Gasteiger partial charge in [-0.15, -0.1) is 0 Å². The molecular formula is C53H86O22. The molecule has 75 heavy (non-hydrogen) atoms. The van der Waals surface area contributed by atoms with Gasteiger partial charge in [0.05, 0.1) is 56.9 Å². The predicted octanol–water partition coefficient (Wildman–Crippen LogP) is -1.94. The second-order valence-electron chi connectivity index (χ2n) is 26.1. The normalized spacial score (nSPS) is 58.2. The van der Waals surface area contributed by atoms with Crippen LogP contribution in [0.15, 0.2) is 12.2 Å². The van der Waals surface area contributed by atoms with Crippen LogP contribution in [0.3, 0.4) is 0 Å². The average molecular weight is 1080 g/mol. The first kappa shape index (κ1) is 57.1. The summed E-state index contributed by atoms with van der Waals surface area (Å²) < 4.78 is 56.2. The van der Waals surface area contributed by atoms with Gasteiger partial charge in [0, 0.05) is 22.2 Å². The Labute approximate surface area is 437 Å². The van der Waals surface area contributed by atoms with E-state index < -0.39 is 165 Å². The van der Waals surface area contributed by atoms with Gasteiger partial charge >= 0.3 is 0 Å². The maximum atomic E-state index is 12.3. The maximum Gasteiger partial charge on any atom is 0.187 e. The number of hydrogen-bond donors (Lipinski definition) is 13. The highest BCUT2D eigenvalue weighted by atomic mass is 16.8. The largest absolute Gasteiger partial charge is 0.396 e. The molecule has 4 saturated carbocycles. The third kappa shape index (κ3) is 8.47. The predicted molar refractivity (Wildman–Crippen MR) is 256 cm³/mol. The number of allylic oxidation sites excluding steroid dienone is 1. The minimum atomic E-state index is -2.00. The van der Waals surface area contributed by atoms with Gasteiger partial charge in [-0.1, -0.05) is 53.7 Å². The van der Waals surface area contributed by atoms with Crippen molar-refractivity contribution in [2.45, 2.75) is 234 Å². The van der Waals surface area contributed by atoms with Crippen LogP contribution in [0.25, 0.3) is 0 Å². The quantitative estimate of drug-likeness (QED) is 0.0747. The molecule has 0 aromatic carbocycles. The summed E-state index contributed by atoms with van der Waals surface area (Å²) in [7, 11) is 0. The molecular weight excluding hydrogens is 989 g/mol. The van der Waals surface area contributed by atoms with E-state index in [0.717, 1.165) is 25.7 Å². The molecule has 0 radical (unpaired) electrons. The van der Waals surface area contributed by atoms with E-state index >= 15 is 0 Å². The summed E-state index contributed by atoms with van der Waals surface area (Å²) in [6.45, 7) is 13.1. The van der Waals surface area contributed by atoms with Crippen molar-refractivity contribution in [1.29, 1.82) is 0 Å². The Hall–Kier alpha value is -1.14. The summed E-state index contributed by atoms with van der Waals surface area (Å²) in [5, 5.41) is 143. The van der Waals surface area contributed by atoms with E-state index in [1.54, 1.807) is 0 Å². The summed E-state index contributed by atoms with van der Waals surface area (Å²) in [4.78, 5) is 0. The van der Waals surface area contributed by atoms with Crippen LogP contribution in [0.4, 0.5) is 0 Å². The third-order valence-corrected chi connectivity index (χ3v) is 21.8. The van der Waals surface area contributed by atoms with Crippen molar-refractivity contribution in [3.05, 3.63) is 12.2 Å². The number of ether oxygens (including phenoxy) is 9. The molecule has 22 nitrogen and oxygen atoms in total. The van der Waals surface area contributed by atoms with Gasteiger partial charge in [0.1, 0.15) is 85.5 Å². The lowest BCUT2D eigenvalue weighted by Crippen LogP contribution is -2.72. The van der Waals surface area contributed by atoms with Gasteiger partial charge in [0.25, 0.3) is 0 Å². The highest BCUT2D eigenvalue weighted by molar-refractivity contribution is 5.36. The molecule has 9 fully saturated rings.